The second-order valence-electron chi connectivity index (χ2n) is 2.74. The zero-order valence-electron chi connectivity index (χ0n) is 7.14. The van der Waals surface area contributed by atoms with Crippen molar-refractivity contribution in [3.63, 3.8) is 0 Å². The van der Waals surface area contributed by atoms with E-state index in [0.717, 1.165) is 5.56 Å². The summed E-state index contributed by atoms with van der Waals surface area (Å²) in [5.41, 5.74) is 7.10. The standard InChI is InChI=1S/C10H11NO2/c11-5-8-1-3-9(4-2-8)10(6-12)7-13/h1-4,6-7,10H,5,11H2. The van der Waals surface area contributed by atoms with Crippen LogP contribution in [0.3, 0.4) is 0 Å². The van der Waals surface area contributed by atoms with Crippen molar-refractivity contribution in [3.05, 3.63) is 35.4 Å². The topological polar surface area (TPSA) is 60.2 Å². The third-order valence-corrected chi connectivity index (χ3v) is 1.89. The van der Waals surface area contributed by atoms with E-state index >= 15 is 0 Å². The van der Waals surface area contributed by atoms with Crippen LogP contribution in [0, 0.1) is 0 Å². The quantitative estimate of drug-likeness (QED) is 0.542. The SMILES string of the molecule is NCc1ccc(C(C=O)C=O)cc1. The van der Waals surface area contributed by atoms with E-state index in [4.69, 9.17) is 5.73 Å². The minimum atomic E-state index is -0.646. The number of hydrogen-bond donors (Lipinski definition) is 1. The highest BCUT2D eigenvalue weighted by Gasteiger charge is 2.07. The summed E-state index contributed by atoms with van der Waals surface area (Å²) in [6, 6.07) is 7.12. The van der Waals surface area contributed by atoms with Crippen molar-refractivity contribution in [3.8, 4) is 0 Å². The van der Waals surface area contributed by atoms with E-state index in [1.54, 1.807) is 12.1 Å². The second-order valence-corrected chi connectivity index (χ2v) is 2.74. The highest BCUT2D eigenvalue weighted by Crippen LogP contribution is 2.11. The van der Waals surface area contributed by atoms with Crippen molar-refractivity contribution in [1.29, 1.82) is 0 Å². The minimum Gasteiger partial charge on any atom is -0.326 e. The molecule has 0 spiro atoms. The van der Waals surface area contributed by atoms with Crippen LogP contribution in [-0.2, 0) is 16.1 Å². The molecule has 0 unspecified atom stereocenters. The Balaban J connectivity index is 2.90. The van der Waals surface area contributed by atoms with Crippen LogP contribution >= 0.6 is 0 Å². The molecule has 0 saturated carbocycles. The second kappa shape index (κ2) is 4.52. The zero-order chi connectivity index (χ0) is 9.68. The molecule has 0 fully saturated rings. The molecule has 0 amide bonds. The fourth-order valence-electron chi connectivity index (χ4n) is 1.07. The number of rotatable bonds is 4. The molecule has 3 nitrogen and oxygen atoms in total. The molecule has 13 heavy (non-hydrogen) atoms. The molecule has 1 rings (SSSR count). The first-order chi connectivity index (χ1) is 6.31. The molecule has 0 atom stereocenters. The highest BCUT2D eigenvalue weighted by molar-refractivity contribution is 5.84. The fraction of sp³-hybridized carbons (Fsp3) is 0.200. The predicted octanol–water partition coefficient (Wildman–Crippen LogP) is 0.627. The molecule has 68 valence electrons. The smallest absolute Gasteiger partial charge is 0.134 e. The van der Waals surface area contributed by atoms with E-state index in [1.807, 2.05) is 12.1 Å². The van der Waals surface area contributed by atoms with Crippen LogP contribution < -0.4 is 5.73 Å². The van der Waals surface area contributed by atoms with E-state index in [-0.39, 0.29) is 0 Å². The van der Waals surface area contributed by atoms with Crippen molar-refractivity contribution in [2.75, 3.05) is 0 Å². The Hall–Kier alpha value is -1.48. The number of carbonyl (C=O) groups is 2. The molecule has 0 saturated heterocycles. The van der Waals surface area contributed by atoms with Gasteiger partial charge in [-0.15, -0.1) is 0 Å². The van der Waals surface area contributed by atoms with Gasteiger partial charge in [0.25, 0.3) is 0 Å². The lowest BCUT2D eigenvalue weighted by molar-refractivity contribution is -0.116. The van der Waals surface area contributed by atoms with Gasteiger partial charge in [-0.2, -0.15) is 0 Å². The lowest BCUT2D eigenvalue weighted by Gasteiger charge is -2.03. The average molecular weight is 177 g/mol. The fourth-order valence-corrected chi connectivity index (χ4v) is 1.07. The summed E-state index contributed by atoms with van der Waals surface area (Å²) < 4.78 is 0. The van der Waals surface area contributed by atoms with Gasteiger partial charge in [0.1, 0.15) is 12.6 Å². The normalized spacial score (nSPS) is 10.0. The molecule has 0 heterocycles. The van der Waals surface area contributed by atoms with Gasteiger partial charge in [-0.05, 0) is 11.1 Å². The molecule has 0 aliphatic carbocycles. The van der Waals surface area contributed by atoms with E-state index in [0.29, 0.717) is 24.7 Å². The van der Waals surface area contributed by atoms with Crippen LogP contribution in [0.2, 0.25) is 0 Å². The molecule has 0 aromatic heterocycles. The van der Waals surface area contributed by atoms with Gasteiger partial charge in [-0.25, -0.2) is 0 Å². The molecular formula is C10H11NO2. The number of aldehydes is 2. The largest absolute Gasteiger partial charge is 0.326 e. The summed E-state index contributed by atoms with van der Waals surface area (Å²) in [6.07, 6.45) is 1.26. The number of nitrogens with two attached hydrogens (primary N) is 1. The highest BCUT2D eigenvalue weighted by atomic mass is 16.1. The summed E-state index contributed by atoms with van der Waals surface area (Å²) in [4.78, 5) is 20.9. The van der Waals surface area contributed by atoms with Gasteiger partial charge >= 0.3 is 0 Å². The van der Waals surface area contributed by atoms with Gasteiger partial charge in [0, 0.05) is 6.54 Å². The Labute approximate surface area is 76.6 Å². The first-order valence-electron chi connectivity index (χ1n) is 4.01. The third-order valence-electron chi connectivity index (χ3n) is 1.89. The molecule has 0 radical (unpaired) electrons. The molecule has 1 aromatic carbocycles. The van der Waals surface area contributed by atoms with Gasteiger partial charge in [-0.1, -0.05) is 24.3 Å². The molecule has 0 aliphatic heterocycles. The van der Waals surface area contributed by atoms with Gasteiger partial charge in [0.2, 0.25) is 0 Å². The van der Waals surface area contributed by atoms with Gasteiger partial charge in [-0.3, -0.25) is 0 Å². The summed E-state index contributed by atoms with van der Waals surface area (Å²) in [5.74, 6) is -0.646. The first-order valence-corrected chi connectivity index (χ1v) is 4.01. The molecule has 0 aliphatic rings. The minimum absolute atomic E-state index is 0.465. The van der Waals surface area contributed by atoms with Gasteiger partial charge in [0.15, 0.2) is 0 Å². The maximum absolute atomic E-state index is 10.4. The summed E-state index contributed by atoms with van der Waals surface area (Å²) in [5, 5.41) is 0. The summed E-state index contributed by atoms with van der Waals surface area (Å²) in [6.45, 7) is 0.465. The van der Waals surface area contributed by atoms with Gasteiger partial charge < -0.3 is 15.3 Å². The molecule has 0 bridgehead atoms. The van der Waals surface area contributed by atoms with E-state index in [9.17, 15) is 9.59 Å². The van der Waals surface area contributed by atoms with Crippen LogP contribution in [0.1, 0.15) is 17.0 Å². The van der Waals surface area contributed by atoms with E-state index < -0.39 is 5.92 Å². The van der Waals surface area contributed by atoms with Gasteiger partial charge in [0.05, 0.1) is 5.92 Å². The van der Waals surface area contributed by atoms with Crippen molar-refractivity contribution in [2.24, 2.45) is 5.73 Å². The third kappa shape index (κ3) is 2.23. The van der Waals surface area contributed by atoms with Crippen molar-refractivity contribution in [1.82, 2.24) is 0 Å². The lowest BCUT2D eigenvalue weighted by atomic mass is 10.0. The summed E-state index contributed by atoms with van der Waals surface area (Å²) >= 11 is 0. The van der Waals surface area contributed by atoms with E-state index in [2.05, 4.69) is 0 Å². The van der Waals surface area contributed by atoms with Crippen LogP contribution in [0.15, 0.2) is 24.3 Å². The van der Waals surface area contributed by atoms with Crippen LogP contribution in [0.4, 0.5) is 0 Å². The first kappa shape index (κ1) is 9.61. The Kier molecular flexibility index (Phi) is 3.34. The van der Waals surface area contributed by atoms with Crippen molar-refractivity contribution < 1.29 is 9.59 Å². The average Bonchev–Trinajstić information content (AvgIpc) is 2.21. The monoisotopic (exact) mass is 177 g/mol. The van der Waals surface area contributed by atoms with Crippen molar-refractivity contribution in [2.45, 2.75) is 12.5 Å². The lowest BCUT2D eigenvalue weighted by Crippen LogP contribution is -2.02. The van der Waals surface area contributed by atoms with Crippen LogP contribution in [0.5, 0.6) is 0 Å². The predicted molar refractivity (Wildman–Crippen MR) is 49.2 cm³/mol. The number of benzene rings is 1. The molecule has 3 heteroatoms. The Bertz CT molecular complexity index is 284. The molecular weight excluding hydrogens is 166 g/mol. The Morgan fingerprint density at radius 3 is 2.08 bits per heavy atom. The van der Waals surface area contributed by atoms with Crippen molar-refractivity contribution >= 4 is 12.6 Å². The molecule has 1 aromatic rings. The maximum Gasteiger partial charge on any atom is 0.134 e. The Morgan fingerprint density at radius 1 is 1.15 bits per heavy atom. The van der Waals surface area contributed by atoms with Crippen LogP contribution in [-0.4, -0.2) is 12.6 Å². The number of hydrogen-bond acceptors (Lipinski definition) is 3. The van der Waals surface area contributed by atoms with E-state index in [1.165, 1.54) is 0 Å². The maximum atomic E-state index is 10.4. The summed E-state index contributed by atoms with van der Waals surface area (Å²) in [7, 11) is 0. The Morgan fingerprint density at radius 2 is 1.69 bits per heavy atom. The molecule has 2 N–H and O–H groups in total. The zero-order valence-corrected chi connectivity index (χ0v) is 7.14. The number of carbonyl (C=O) groups excluding carboxylic acids is 2. The van der Waals surface area contributed by atoms with Crippen LogP contribution in [0.25, 0.3) is 0 Å².